The highest BCUT2D eigenvalue weighted by Gasteiger charge is 2.29. The Hall–Kier alpha value is -3.67. The quantitative estimate of drug-likeness (QED) is 0.506. The van der Waals surface area contributed by atoms with E-state index in [-0.39, 0.29) is 6.61 Å². The van der Waals surface area contributed by atoms with Crippen LogP contribution in [0.5, 0.6) is 0 Å². The minimum absolute atomic E-state index is 0.280. The smallest absolute Gasteiger partial charge is 0.347 e. The molecule has 6 heteroatoms. The number of rotatable bonds is 5. The molecule has 1 atom stereocenters. The third-order valence-corrected chi connectivity index (χ3v) is 4.36. The van der Waals surface area contributed by atoms with Gasteiger partial charge in [0.15, 0.2) is 0 Å². The normalized spacial score (nSPS) is 16.3. The number of ether oxygens (including phenoxy) is 2. The Labute approximate surface area is 162 Å². The summed E-state index contributed by atoms with van der Waals surface area (Å²) in [5.41, 5.74) is 3.36. The first-order valence-electron chi connectivity index (χ1n) is 8.96. The number of carbonyl (C=O) groups is 2. The van der Waals surface area contributed by atoms with Crippen LogP contribution in [-0.2, 0) is 19.1 Å². The van der Waals surface area contributed by atoms with Gasteiger partial charge in [-0.05, 0) is 18.2 Å². The number of benzene rings is 2. The van der Waals surface area contributed by atoms with Gasteiger partial charge in [0, 0.05) is 29.8 Å². The van der Waals surface area contributed by atoms with E-state index in [1.165, 1.54) is 6.08 Å². The topological polar surface area (TPSA) is 70.4 Å². The lowest BCUT2D eigenvalue weighted by atomic mass is 10.1. The maximum atomic E-state index is 12.1. The van der Waals surface area contributed by atoms with Crippen molar-refractivity contribution in [2.24, 2.45) is 0 Å². The molecule has 0 unspecified atom stereocenters. The third kappa shape index (κ3) is 3.86. The zero-order chi connectivity index (χ0) is 19.3. The van der Waals surface area contributed by atoms with Crippen LogP contribution in [0, 0.1) is 0 Å². The van der Waals surface area contributed by atoms with Gasteiger partial charge in [0.25, 0.3) is 0 Å². The van der Waals surface area contributed by atoms with Gasteiger partial charge >= 0.3 is 11.9 Å². The van der Waals surface area contributed by atoms with E-state index in [9.17, 15) is 9.59 Å². The number of esters is 2. The van der Waals surface area contributed by atoms with Crippen molar-refractivity contribution in [1.29, 1.82) is 0 Å². The number of para-hydroxylation sites is 1. The molecule has 140 valence electrons. The van der Waals surface area contributed by atoms with E-state index in [0.29, 0.717) is 6.42 Å². The van der Waals surface area contributed by atoms with E-state index in [1.807, 2.05) is 66.9 Å². The second-order valence-electron chi connectivity index (χ2n) is 6.29. The maximum Gasteiger partial charge on any atom is 0.347 e. The zero-order valence-corrected chi connectivity index (χ0v) is 15.0. The van der Waals surface area contributed by atoms with Gasteiger partial charge in [0.05, 0.1) is 18.0 Å². The Bertz CT molecular complexity index is 1010. The lowest BCUT2D eigenvalue weighted by Crippen LogP contribution is -2.21. The first-order valence-corrected chi connectivity index (χ1v) is 8.96. The molecule has 2 aromatic carbocycles. The fourth-order valence-electron chi connectivity index (χ4n) is 2.96. The molecular formula is C22H18N2O4. The first kappa shape index (κ1) is 17.7. The van der Waals surface area contributed by atoms with Crippen LogP contribution in [-0.4, -0.2) is 34.4 Å². The molecule has 0 spiro atoms. The van der Waals surface area contributed by atoms with E-state index in [1.54, 1.807) is 10.8 Å². The van der Waals surface area contributed by atoms with Crippen LogP contribution in [0.1, 0.15) is 12.0 Å². The third-order valence-electron chi connectivity index (χ3n) is 4.36. The van der Waals surface area contributed by atoms with Gasteiger partial charge in [-0.1, -0.05) is 48.5 Å². The van der Waals surface area contributed by atoms with Gasteiger partial charge in [-0.3, -0.25) is 0 Å². The second kappa shape index (κ2) is 7.92. The highest BCUT2D eigenvalue weighted by Crippen LogP contribution is 2.24. The number of hydrogen-bond acceptors (Lipinski definition) is 5. The molecule has 1 fully saturated rings. The SMILES string of the molecule is O=C(/C=C/c1cn(-c2ccccc2)nc1-c1ccccc1)O[C@@H]1CCOC1=O. The largest absolute Gasteiger partial charge is 0.463 e. The number of hydrogen-bond donors (Lipinski definition) is 0. The molecular weight excluding hydrogens is 356 g/mol. The van der Waals surface area contributed by atoms with Crippen LogP contribution in [0.15, 0.2) is 72.9 Å². The Morgan fingerprint density at radius 3 is 2.50 bits per heavy atom. The summed E-state index contributed by atoms with van der Waals surface area (Å²) in [7, 11) is 0. The van der Waals surface area contributed by atoms with E-state index in [2.05, 4.69) is 5.10 Å². The van der Waals surface area contributed by atoms with Gasteiger partial charge in [-0.25, -0.2) is 14.3 Å². The summed E-state index contributed by atoms with van der Waals surface area (Å²) in [4.78, 5) is 23.5. The van der Waals surface area contributed by atoms with E-state index >= 15 is 0 Å². The summed E-state index contributed by atoms with van der Waals surface area (Å²) < 4.78 is 11.7. The number of aromatic nitrogens is 2. The minimum atomic E-state index is -0.821. The molecule has 0 saturated carbocycles. The summed E-state index contributed by atoms with van der Waals surface area (Å²) in [6, 6.07) is 19.4. The van der Waals surface area contributed by atoms with Crippen molar-refractivity contribution in [3.05, 3.63) is 78.5 Å². The van der Waals surface area contributed by atoms with Crippen LogP contribution >= 0.6 is 0 Å². The van der Waals surface area contributed by atoms with Crippen LogP contribution in [0.3, 0.4) is 0 Å². The standard InChI is InChI=1S/C22H18N2O4/c25-20(28-19-13-14-27-22(19)26)12-11-17-15-24(18-9-5-2-6-10-18)23-21(17)16-7-3-1-4-8-16/h1-12,15,19H,13-14H2/b12-11+/t19-/m1/s1. The fourth-order valence-corrected chi connectivity index (χ4v) is 2.96. The summed E-state index contributed by atoms with van der Waals surface area (Å²) in [6.07, 6.45) is 4.38. The minimum Gasteiger partial charge on any atom is -0.463 e. The molecule has 1 aliphatic heterocycles. The van der Waals surface area contributed by atoms with Crippen molar-refractivity contribution in [1.82, 2.24) is 9.78 Å². The molecule has 0 radical (unpaired) electrons. The molecule has 1 aromatic heterocycles. The Morgan fingerprint density at radius 1 is 1.11 bits per heavy atom. The molecule has 0 amide bonds. The van der Waals surface area contributed by atoms with Crippen molar-refractivity contribution in [2.75, 3.05) is 6.61 Å². The summed E-state index contributed by atoms with van der Waals surface area (Å²) in [5, 5.41) is 4.68. The highest BCUT2D eigenvalue weighted by atomic mass is 16.6. The highest BCUT2D eigenvalue weighted by molar-refractivity contribution is 5.90. The number of cyclic esters (lactones) is 1. The molecule has 2 heterocycles. The van der Waals surface area contributed by atoms with Gasteiger partial charge in [-0.2, -0.15) is 5.10 Å². The summed E-state index contributed by atoms with van der Waals surface area (Å²) in [6.45, 7) is 0.280. The van der Waals surface area contributed by atoms with Crippen molar-refractivity contribution in [3.63, 3.8) is 0 Å². The number of carbonyl (C=O) groups excluding carboxylic acids is 2. The lowest BCUT2D eigenvalue weighted by Gasteiger charge is -2.05. The van der Waals surface area contributed by atoms with E-state index in [0.717, 1.165) is 22.5 Å². The summed E-state index contributed by atoms with van der Waals surface area (Å²) in [5.74, 6) is -1.08. The maximum absolute atomic E-state index is 12.1. The second-order valence-corrected chi connectivity index (χ2v) is 6.29. The van der Waals surface area contributed by atoms with Gasteiger partial charge in [0.1, 0.15) is 0 Å². The molecule has 0 N–H and O–H groups in total. The van der Waals surface area contributed by atoms with Crippen molar-refractivity contribution in [2.45, 2.75) is 12.5 Å². The van der Waals surface area contributed by atoms with Crippen molar-refractivity contribution < 1.29 is 19.1 Å². The average Bonchev–Trinajstić information content (AvgIpc) is 3.34. The molecule has 1 saturated heterocycles. The summed E-state index contributed by atoms with van der Waals surface area (Å²) >= 11 is 0. The van der Waals surface area contributed by atoms with Crippen LogP contribution in [0.4, 0.5) is 0 Å². The predicted octanol–water partition coefficient (Wildman–Crippen LogP) is 3.41. The monoisotopic (exact) mass is 374 g/mol. The van der Waals surface area contributed by atoms with Crippen LogP contribution in [0.2, 0.25) is 0 Å². The van der Waals surface area contributed by atoms with Crippen molar-refractivity contribution >= 4 is 18.0 Å². The van der Waals surface area contributed by atoms with Gasteiger partial charge in [0.2, 0.25) is 6.10 Å². The Morgan fingerprint density at radius 2 is 1.82 bits per heavy atom. The van der Waals surface area contributed by atoms with Gasteiger partial charge < -0.3 is 9.47 Å². The molecule has 1 aliphatic rings. The molecule has 28 heavy (non-hydrogen) atoms. The molecule has 0 bridgehead atoms. The Balaban J connectivity index is 1.62. The van der Waals surface area contributed by atoms with Gasteiger partial charge in [-0.15, -0.1) is 0 Å². The zero-order valence-electron chi connectivity index (χ0n) is 15.0. The predicted molar refractivity (Wildman–Crippen MR) is 103 cm³/mol. The van der Waals surface area contributed by atoms with Crippen LogP contribution < -0.4 is 0 Å². The molecule has 4 rings (SSSR count). The molecule has 3 aromatic rings. The average molecular weight is 374 g/mol. The molecule has 6 nitrogen and oxygen atoms in total. The first-order chi connectivity index (χ1) is 13.7. The van der Waals surface area contributed by atoms with E-state index in [4.69, 9.17) is 9.47 Å². The fraction of sp³-hybridized carbons (Fsp3) is 0.136. The van der Waals surface area contributed by atoms with Crippen LogP contribution in [0.25, 0.3) is 23.0 Å². The molecule has 0 aliphatic carbocycles. The van der Waals surface area contributed by atoms with Crippen molar-refractivity contribution in [3.8, 4) is 16.9 Å². The Kier molecular flexibility index (Phi) is 5.01. The number of nitrogens with zero attached hydrogens (tertiary/aromatic N) is 2. The lowest BCUT2D eigenvalue weighted by molar-refractivity contribution is -0.156. The van der Waals surface area contributed by atoms with E-state index < -0.39 is 18.0 Å².